The summed E-state index contributed by atoms with van der Waals surface area (Å²) in [6.45, 7) is 5.80. The highest BCUT2D eigenvalue weighted by Gasteiger charge is 2.38. The lowest BCUT2D eigenvalue weighted by molar-refractivity contribution is 0.0917. The molecule has 0 bridgehead atoms. The second-order valence-electron chi connectivity index (χ2n) is 7.71. The fourth-order valence-corrected chi connectivity index (χ4v) is 7.03. The van der Waals surface area contributed by atoms with Gasteiger partial charge in [-0.15, -0.1) is 11.3 Å². The summed E-state index contributed by atoms with van der Waals surface area (Å²) in [6.07, 6.45) is 1.78. The normalized spacial score (nSPS) is 21.7. The van der Waals surface area contributed by atoms with Crippen LogP contribution in [0.4, 0.5) is 0 Å². The topological polar surface area (TPSA) is 86.7 Å². The van der Waals surface area contributed by atoms with Gasteiger partial charge in [0, 0.05) is 18.6 Å². The monoisotopic (exact) mass is 436 g/mol. The van der Waals surface area contributed by atoms with E-state index in [4.69, 9.17) is 0 Å². The highest BCUT2D eigenvalue weighted by atomic mass is 32.2. The lowest BCUT2D eigenvalue weighted by Gasteiger charge is -2.37. The molecule has 1 aromatic heterocycles. The molecule has 1 saturated heterocycles. The molecule has 1 aromatic carbocycles. The molecule has 2 heterocycles. The summed E-state index contributed by atoms with van der Waals surface area (Å²) in [7, 11) is -3.77. The molecule has 0 spiro atoms. The van der Waals surface area contributed by atoms with Gasteiger partial charge in [0.2, 0.25) is 10.0 Å². The zero-order chi connectivity index (χ0) is 21.2. The summed E-state index contributed by atoms with van der Waals surface area (Å²) >= 11 is 1.10. The molecule has 2 N–H and O–H groups in total. The third-order valence-electron chi connectivity index (χ3n) is 5.42. The highest BCUT2D eigenvalue weighted by molar-refractivity contribution is 7.89. The van der Waals surface area contributed by atoms with Crippen molar-refractivity contribution in [3.05, 3.63) is 51.7 Å². The van der Waals surface area contributed by atoms with Gasteiger partial charge in [0.05, 0.1) is 6.10 Å². The second kappa shape index (κ2) is 8.95. The molecule has 1 amide bonds. The van der Waals surface area contributed by atoms with Crippen molar-refractivity contribution in [2.24, 2.45) is 0 Å². The summed E-state index contributed by atoms with van der Waals surface area (Å²) in [5, 5.41) is 14.6. The molecule has 0 saturated carbocycles. The molecule has 3 atom stereocenters. The number of nitrogens with one attached hydrogen (secondary N) is 1. The average molecular weight is 437 g/mol. The number of rotatable bonds is 6. The number of thiophene rings is 1. The predicted octanol–water partition coefficient (Wildman–Crippen LogP) is 3.47. The number of hydrogen-bond acceptors (Lipinski definition) is 5. The summed E-state index contributed by atoms with van der Waals surface area (Å²) < 4.78 is 28.1. The van der Waals surface area contributed by atoms with E-state index in [2.05, 4.69) is 5.32 Å². The number of aryl methyl sites for hydroxylation is 1. The van der Waals surface area contributed by atoms with Crippen LogP contribution in [0.2, 0.25) is 0 Å². The Labute approximate surface area is 176 Å². The number of carbonyl (C=O) groups is 1. The minimum Gasteiger partial charge on any atom is -0.387 e. The number of aliphatic hydroxyl groups excluding tert-OH is 1. The largest absolute Gasteiger partial charge is 0.387 e. The van der Waals surface area contributed by atoms with E-state index in [1.807, 2.05) is 45.0 Å². The Hall–Kier alpha value is -1.74. The van der Waals surface area contributed by atoms with Crippen molar-refractivity contribution in [3.8, 4) is 0 Å². The van der Waals surface area contributed by atoms with Crippen LogP contribution in [0.15, 0.2) is 40.6 Å². The van der Waals surface area contributed by atoms with Crippen LogP contribution in [-0.4, -0.2) is 42.4 Å². The Morgan fingerprint density at radius 1 is 1.21 bits per heavy atom. The molecule has 0 aliphatic carbocycles. The van der Waals surface area contributed by atoms with E-state index in [9.17, 15) is 18.3 Å². The zero-order valence-corrected chi connectivity index (χ0v) is 18.6. The number of amides is 1. The van der Waals surface area contributed by atoms with E-state index in [0.29, 0.717) is 5.56 Å². The van der Waals surface area contributed by atoms with Crippen molar-refractivity contribution in [2.75, 3.05) is 6.54 Å². The molecule has 1 fully saturated rings. The Balaban J connectivity index is 1.75. The first-order valence-corrected chi connectivity index (χ1v) is 12.2. The maximum atomic E-state index is 13.3. The molecular formula is C21H28N2O4S2. The van der Waals surface area contributed by atoms with Gasteiger partial charge in [-0.1, -0.05) is 36.2 Å². The Morgan fingerprint density at radius 2 is 1.83 bits per heavy atom. The first-order valence-electron chi connectivity index (χ1n) is 9.85. The maximum absolute atomic E-state index is 13.3. The predicted molar refractivity (Wildman–Crippen MR) is 115 cm³/mol. The van der Waals surface area contributed by atoms with E-state index < -0.39 is 22.0 Å². The van der Waals surface area contributed by atoms with E-state index in [1.54, 1.807) is 5.38 Å². The van der Waals surface area contributed by atoms with Crippen LogP contribution < -0.4 is 5.32 Å². The van der Waals surface area contributed by atoms with Crippen LogP contribution >= 0.6 is 11.3 Å². The quantitative estimate of drug-likeness (QED) is 0.726. The molecule has 0 unspecified atom stereocenters. The van der Waals surface area contributed by atoms with Gasteiger partial charge >= 0.3 is 0 Å². The number of nitrogens with zero attached hydrogens (tertiary/aromatic N) is 1. The fraction of sp³-hybridized carbons (Fsp3) is 0.476. The SMILES string of the molecule is Cc1ccc([C@H](O)CNC(=O)c2sccc2S(=O)(=O)N2[C@@H](C)CCC[C@@H]2C)cc1. The van der Waals surface area contributed by atoms with Crippen LogP contribution in [-0.2, 0) is 10.0 Å². The van der Waals surface area contributed by atoms with Crippen molar-refractivity contribution in [2.45, 2.75) is 63.1 Å². The van der Waals surface area contributed by atoms with Gasteiger partial charge in [0.25, 0.3) is 5.91 Å². The first kappa shape index (κ1) is 22.0. The van der Waals surface area contributed by atoms with Crippen LogP contribution in [0, 0.1) is 6.92 Å². The Morgan fingerprint density at radius 3 is 2.45 bits per heavy atom. The number of sulfonamides is 1. The molecule has 1 aliphatic rings. The number of aliphatic hydroxyl groups is 1. The third kappa shape index (κ3) is 4.71. The smallest absolute Gasteiger partial charge is 0.262 e. The lowest BCUT2D eigenvalue weighted by atomic mass is 10.0. The van der Waals surface area contributed by atoms with Gasteiger partial charge in [0.15, 0.2) is 0 Å². The molecule has 0 radical (unpaired) electrons. The van der Waals surface area contributed by atoms with Crippen molar-refractivity contribution >= 4 is 27.3 Å². The van der Waals surface area contributed by atoms with Crippen molar-refractivity contribution in [3.63, 3.8) is 0 Å². The van der Waals surface area contributed by atoms with Crippen molar-refractivity contribution in [1.82, 2.24) is 9.62 Å². The molecule has 3 rings (SSSR count). The van der Waals surface area contributed by atoms with Gasteiger partial charge in [-0.25, -0.2) is 8.42 Å². The van der Waals surface area contributed by atoms with Crippen LogP contribution in [0.5, 0.6) is 0 Å². The minimum atomic E-state index is -3.77. The van der Waals surface area contributed by atoms with E-state index in [0.717, 1.165) is 36.2 Å². The van der Waals surface area contributed by atoms with Crippen LogP contribution in [0.3, 0.4) is 0 Å². The van der Waals surface area contributed by atoms with Crippen molar-refractivity contribution < 1.29 is 18.3 Å². The minimum absolute atomic E-state index is 0.00972. The first-order chi connectivity index (χ1) is 13.7. The standard InChI is InChI=1S/C21H28N2O4S2/c1-14-7-9-17(10-8-14)18(24)13-22-21(25)20-19(11-12-28-20)29(26,27)23-15(2)5-4-6-16(23)3/h7-12,15-16,18,24H,4-6,13H2,1-3H3,(H,22,25)/t15-,16-,18+/m0/s1. The number of piperidine rings is 1. The number of hydrogen-bond donors (Lipinski definition) is 2. The summed E-state index contributed by atoms with van der Waals surface area (Å²) in [4.78, 5) is 12.9. The summed E-state index contributed by atoms with van der Waals surface area (Å²) in [6, 6.07) is 8.72. The van der Waals surface area contributed by atoms with Gasteiger partial charge < -0.3 is 10.4 Å². The molecule has 6 nitrogen and oxygen atoms in total. The zero-order valence-electron chi connectivity index (χ0n) is 17.0. The summed E-state index contributed by atoms with van der Waals surface area (Å²) in [5.74, 6) is -0.484. The van der Waals surface area contributed by atoms with Gasteiger partial charge in [0.1, 0.15) is 9.77 Å². The molecule has 2 aromatic rings. The van der Waals surface area contributed by atoms with Gasteiger partial charge in [-0.2, -0.15) is 4.31 Å². The van der Waals surface area contributed by atoms with Crippen molar-refractivity contribution in [1.29, 1.82) is 0 Å². The molecular weight excluding hydrogens is 408 g/mol. The number of carbonyl (C=O) groups excluding carboxylic acids is 1. The average Bonchev–Trinajstić information content (AvgIpc) is 3.17. The highest BCUT2D eigenvalue weighted by Crippen LogP contribution is 2.32. The van der Waals surface area contributed by atoms with E-state index in [-0.39, 0.29) is 28.4 Å². The molecule has 158 valence electrons. The third-order valence-corrected chi connectivity index (χ3v) is 8.63. The van der Waals surface area contributed by atoms with Crippen LogP contribution in [0.1, 0.15) is 60.0 Å². The van der Waals surface area contributed by atoms with Crippen LogP contribution in [0.25, 0.3) is 0 Å². The fourth-order valence-electron chi connectivity index (χ4n) is 3.83. The Kier molecular flexibility index (Phi) is 6.78. The van der Waals surface area contributed by atoms with E-state index in [1.165, 1.54) is 10.4 Å². The molecule has 8 heteroatoms. The Bertz CT molecular complexity index is 943. The molecule has 1 aliphatic heterocycles. The lowest BCUT2D eigenvalue weighted by Crippen LogP contribution is -2.47. The number of benzene rings is 1. The maximum Gasteiger partial charge on any atom is 0.262 e. The summed E-state index contributed by atoms with van der Waals surface area (Å²) in [5.41, 5.74) is 1.78. The van der Waals surface area contributed by atoms with Gasteiger partial charge in [-0.05, 0) is 50.6 Å². The second-order valence-corrected chi connectivity index (χ2v) is 10.4. The molecule has 29 heavy (non-hydrogen) atoms. The van der Waals surface area contributed by atoms with Gasteiger partial charge in [-0.3, -0.25) is 4.79 Å². The van der Waals surface area contributed by atoms with E-state index >= 15 is 0 Å².